The molecule has 0 bridgehead atoms. The van der Waals surface area contributed by atoms with Gasteiger partial charge in [0.25, 0.3) is 5.91 Å². The highest BCUT2D eigenvalue weighted by atomic mass is 16.5. The van der Waals surface area contributed by atoms with E-state index in [0.717, 1.165) is 23.1 Å². The Bertz CT molecular complexity index is 1070. The minimum Gasteiger partial charge on any atom is -0.483 e. The van der Waals surface area contributed by atoms with E-state index in [4.69, 9.17) is 4.74 Å². The normalized spacial score (nSPS) is 11.7. The largest absolute Gasteiger partial charge is 0.483 e. The maximum atomic E-state index is 13.6. The van der Waals surface area contributed by atoms with E-state index in [-0.39, 0.29) is 24.3 Å². The van der Waals surface area contributed by atoms with Crippen molar-refractivity contribution in [3.8, 4) is 5.75 Å². The van der Waals surface area contributed by atoms with Gasteiger partial charge in [0.2, 0.25) is 5.91 Å². The Hall–Kier alpha value is -3.60. The molecule has 0 aliphatic heterocycles. The maximum absolute atomic E-state index is 13.6. The molecule has 0 saturated carbocycles. The van der Waals surface area contributed by atoms with Crippen LogP contribution in [0.4, 0.5) is 0 Å². The van der Waals surface area contributed by atoms with Crippen LogP contribution in [-0.2, 0) is 22.6 Å². The molecule has 1 atom stereocenters. The number of nitrogens with zero attached hydrogens (tertiary/aromatic N) is 1. The summed E-state index contributed by atoms with van der Waals surface area (Å²) in [6.45, 7) is 6.96. The Morgan fingerprint density at radius 1 is 0.857 bits per heavy atom. The van der Waals surface area contributed by atoms with Gasteiger partial charge in [-0.2, -0.15) is 0 Å². The average Bonchev–Trinajstić information content (AvgIpc) is 2.89. The van der Waals surface area contributed by atoms with Crippen molar-refractivity contribution in [3.05, 3.63) is 102 Å². The van der Waals surface area contributed by atoms with E-state index in [2.05, 4.69) is 19.2 Å². The van der Waals surface area contributed by atoms with Gasteiger partial charge in [0.05, 0.1) is 0 Å². The Kier molecular flexibility index (Phi) is 9.91. The molecule has 0 heterocycles. The minimum atomic E-state index is -0.652. The highest BCUT2D eigenvalue weighted by molar-refractivity contribution is 5.88. The summed E-state index contributed by atoms with van der Waals surface area (Å²) in [5, 5.41) is 3.00. The van der Waals surface area contributed by atoms with Gasteiger partial charge in [-0.25, -0.2) is 0 Å². The number of para-hydroxylation sites is 1. The summed E-state index contributed by atoms with van der Waals surface area (Å²) >= 11 is 0. The van der Waals surface area contributed by atoms with Crippen molar-refractivity contribution in [1.29, 1.82) is 0 Å². The molecule has 0 radical (unpaired) electrons. The summed E-state index contributed by atoms with van der Waals surface area (Å²) in [5.74, 6) is 0.598. The molecule has 0 fully saturated rings. The van der Waals surface area contributed by atoms with E-state index >= 15 is 0 Å². The van der Waals surface area contributed by atoms with Crippen LogP contribution in [0.3, 0.4) is 0 Å². The smallest absolute Gasteiger partial charge is 0.261 e. The van der Waals surface area contributed by atoms with E-state index in [1.54, 1.807) is 4.90 Å². The molecule has 3 rings (SSSR count). The third-order valence-electron chi connectivity index (χ3n) is 5.91. The van der Waals surface area contributed by atoms with Gasteiger partial charge in [0.1, 0.15) is 11.8 Å². The number of hydrogen-bond donors (Lipinski definition) is 1. The molecule has 0 unspecified atom stereocenters. The second-order valence-electron chi connectivity index (χ2n) is 8.98. The fourth-order valence-electron chi connectivity index (χ4n) is 4.01. The molecule has 0 spiro atoms. The summed E-state index contributed by atoms with van der Waals surface area (Å²) in [6, 6.07) is 26.7. The van der Waals surface area contributed by atoms with E-state index in [0.29, 0.717) is 25.3 Å². The zero-order valence-corrected chi connectivity index (χ0v) is 20.9. The standard InChI is InChI=1S/C30H36N2O3/c1-4-19-31-30(34)27(20-24-13-7-5-8-14-24)32(21-25-15-9-6-10-16-25)29(33)22-35-28-18-12-11-17-26(28)23(2)3/h5-18,23,27H,4,19-22H2,1-3H3,(H,31,34)/t27-/m1/s1. The van der Waals surface area contributed by atoms with E-state index in [1.807, 2.05) is 91.9 Å². The first-order valence-corrected chi connectivity index (χ1v) is 12.4. The SMILES string of the molecule is CCCNC(=O)[C@@H](Cc1ccccc1)N(Cc1ccccc1)C(=O)COc1ccccc1C(C)C. The molecule has 5 heteroatoms. The zero-order chi connectivity index (χ0) is 25.0. The van der Waals surface area contributed by atoms with E-state index in [9.17, 15) is 9.59 Å². The molecule has 0 aromatic heterocycles. The fraction of sp³-hybridized carbons (Fsp3) is 0.333. The summed E-state index contributed by atoms with van der Waals surface area (Å²) in [5.41, 5.74) is 3.02. The lowest BCUT2D eigenvalue weighted by atomic mass is 10.0. The molecule has 3 aromatic rings. The summed E-state index contributed by atoms with van der Waals surface area (Å²) in [7, 11) is 0. The van der Waals surface area contributed by atoms with Gasteiger partial charge in [0, 0.05) is 19.5 Å². The Morgan fingerprint density at radius 3 is 2.09 bits per heavy atom. The monoisotopic (exact) mass is 472 g/mol. The lowest BCUT2D eigenvalue weighted by molar-refractivity contribution is -0.142. The molecular weight excluding hydrogens is 436 g/mol. The number of hydrogen-bond acceptors (Lipinski definition) is 3. The van der Waals surface area contributed by atoms with Crippen molar-refractivity contribution in [2.24, 2.45) is 0 Å². The summed E-state index contributed by atoms with van der Waals surface area (Å²) in [4.78, 5) is 28.6. The van der Waals surface area contributed by atoms with Crippen molar-refractivity contribution in [3.63, 3.8) is 0 Å². The number of carbonyl (C=O) groups excluding carboxylic acids is 2. The third kappa shape index (κ3) is 7.71. The summed E-state index contributed by atoms with van der Waals surface area (Å²) in [6.07, 6.45) is 1.25. The van der Waals surface area contributed by atoms with Crippen LogP contribution in [-0.4, -0.2) is 35.9 Å². The first-order chi connectivity index (χ1) is 17.0. The lowest BCUT2D eigenvalue weighted by Gasteiger charge is -2.31. The predicted octanol–water partition coefficient (Wildman–Crippen LogP) is 5.36. The van der Waals surface area contributed by atoms with Crippen molar-refractivity contribution in [2.45, 2.75) is 52.1 Å². The van der Waals surface area contributed by atoms with Crippen LogP contribution in [0, 0.1) is 0 Å². The van der Waals surface area contributed by atoms with Crippen LogP contribution in [0.15, 0.2) is 84.9 Å². The zero-order valence-electron chi connectivity index (χ0n) is 20.9. The summed E-state index contributed by atoms with van der Waals surface area (Å²) < 4.78 is 6.02. The van der Waals surface area contributed by atoms with Crippen LogP contribution in [0.1, 0.15) is 49.8 Å². The van der Waals surface area contributed by atoms with Crippen molar-refractivity contribution < 1.29 is 14.3 Å². The van der Waals surface area contributed by atoms with Crippen LogP contribution >= 0.6 is 0 Å². The van der Waals surface area contributed by atoms with Crippen molar-refractivity contribution in [1.82, 2.24) is 10.2 Å². The molecule has 3 aromatic carbocycles. The molecule has 5 nitrogen and oxygen atoms in total. The van der Waals surface area contributed by atoms with Gasteiger partial charge in [0.15, 0.2) is 6.61 Å². The molecular formula is C30H36N2O3. The Balaban J connectivity index is 1.89. The van der Waals surface area contributed by atoms with E-state index in [1.165, 1.54) is 0 Å². The van der Waals surface area contributed by atoms with Gasteiger partial charge in [-0.05, 0) is 35.1 Å². The second-order valence-corrected chi connectivity index (χ2v) is 8.98. The number of carbonyl (C=O) groups is 2. The van der Waals surface area contributed by atoms with Gasteiger partial charge >= 0.3 is 0 Å². The lowest BCUT2D eigenvalue weighted by Crippen LogP contribution is -2.51. The quantitative estimate of drug-likeness (QED) is 0.386. The third-order valence-corrected chi connectivity index (χ3v) is 5.91. The Labute approximate surface area is 209 Å². The molecule has 0 aliphatic carbocycles. The first kappa shape index (κ1) is 26.0. The topological polar surface area (TPSA) is 58.6 Å². The van der Waals surface area contributed by atoms with Crippen LogP contribution in [0.25, 0.3) is 0 Å². The molecule has 184 valence electrons. The van der Waals surface area contributed by atoms with Gasteiger partial charge < -0.3 is 15.0 Å². The minimum absolute atomic E-state index is 0.136. The molecule has 0 aliphatic rings. The molecule has 2 amide bonds. The van der Waals surface area contributed by atoms with Crippen molar-refractivity contribution >= 4 is 11.8 Å². The fourth-order valence-corrected chi connectivity index (χ4v) is 4.01. The first-order valence-electron chi connectivity index (χ1n) is 12.4. The van der Waals surface area contributed by atoms with Crippen LogP contribution in [0.5, 0.6) is 5.75 Å². The van der Waals surface area contributed by atoms with Gasteiger partial charge in [-0.1, -0.05) is 99.6 Å². The van der Waals surface area contributed by atoms with Crippen LogP contribution < -0.4 is 10.1 Å². The predicted molar refractivity (Wildman–Crippen MR) is 140 cm³/mol. The van der Waals surface area contributed by atoms with E-state index < -0.39 is 6.04 Å². The molecule has 0 saturated heterocycles. The molecule has 35 heavy (non-hydrogen) atoms. The number of benzene rings is 3. The van der Waals surface area contributed by atoms with Gasteiger partial charge in [-0.15, -0.1) is 0 Å². The number of nitrogens with one attached hydrogen (secondary N) is 1. The highest BCUT2D eigenvalue weighted by Gasteiger charge is 2.30. The van der Waals surface area contributed by atoms with Gasteiger partial charge in [-0.3, -0.25) is 9.59 Å². The molecule has 1 N–H and O–H groups in total. The second kappa shape index (κ2) is 13.3. The Morgan fingerprint density at radius 2 is 1.46 bits per heavy atom. The number of amides is 2. The van der Waals surface area contributed by atoms with Crippen molar-refractivity contribution in [2.75, 3.05) is 13.2 Å². The maximum Gasteiger partial charge on any atom is 0.261 e. The van der Waals surface area contributed by atoms with Crippen LogP contribution in [0.2, 0.25) is 0 Å². The number of rotatable bonds is 12. The number of ether oxygens (including phenoxy) is 1. The highest BCUT2D eigenvalue weighted by Crippen LogP contribution is 2.26. The average molecular weight is 473 g/mol.